The molecule has 1 amide bonds. The zero-order chi connectivity index (χ0) is 12.1. The number of hydrogen-bond acceptors (Lipinski definition) is 3. The first-order valence-corrected chi connectivity index (χ1v) is 5.33. The number of pyridine rings is 1. The quantitative estimate of drug-likeness (QED) is 0.761. The van der Waals surface area contributed by atoms with Crippen LogP contribution in [0.5, 0.6) is 0 Å². The van der Waals surface area contributed by atoms with E-state index in [2.05, 4.69) is 4.98 Å². The molecule has 0 N–H and O–H groups in total. The largest absolute Gasteiger partial charge is 0.339 e. The normalized spacial score (nSPS) is 10.6. The predicted molar refractivity (Wildman–Crippen MR) is 64.5 cm³/mol. The number of aromatic nitrogens is 1. The molecule has 0 atom stereocenters. The van der Waals surface area contributed by atoms with Crippen molar-refractivity contribution in [1.29, 1.82) is 0 Å². The van der Waals surface area contributed by atoms with Crippen LogP contribution in [0, 0.1) is 6.92 Å². The molecular formula is C12H19N3O. The number of likely N-dealkylation sites (N-methyl/N-ethyl adjacent to an activating group) is 2. The first-order valence-electron chi connectivity index (χ1n) is 5.33. The second-order valence-corrected chi connectivity index (χ2v) is 4.25. The van der Waals surface area contributed by atoms with Crippen molar-refractivity contribution in [2.45, 2.75) is 6.92 Å². The van der Waals surface area contributed by atoms with Gasteiger partial charge in [0, 0.05) is 26.3 Å². The van der Waals surface area contributed by atoms with Crippen LogP contribution in [0.15, 0.2) is 18.3 Å². The lowest BCUT2D eigenvalue weighted by Crippen LogP contribution is -2.33. The molecular weight excluding hydrogens is 202 g/mol. The van der Waals surface area contributed by atoms with Gasteiger partial charge in [-0.3, -0.25) is 9.78 Å². The molecule has 0 saturated carbocycles. The van der Waals surface area contributed by atoms with Gasteiger partial charge < -0.3 is 9.80 Å². The molecule has 4 heteroatoms. The summed E-state index contributed by atoms with van der Waals surface area (Å²) < 4.78 is 0. The molecule has 0 bridgehead atoms. The van der Waals surface area contributed by atoms with Crippen molar-refractivity contribution in [2.24, 2.45) is 0 Å². The Labute approximate surface area is 96.9 Å². The average Bonchev–Trinajstić information content (AvgIpc) is 2.26. The fourth-order valence-electron chi connectivity index (χ4n) is 1.24. The summed E-state index contributed by atoms with van der Waals surface area (Å²) in [7, 11) is 5.78. The van der Waals surface area contributed by atoms with Crippen molar-refractivity contribution in [3.63, 3.8) is 0 Å². The van der Waals surface area contributed by atoms with Gasteiger partial charge in [0.15, 0.2) is 0 Å². The van der Waals surface area contributed by atoms with E-state index >= 15 is 0 Å². The SMILES string of the molecule is Cc1ccc(C(=O)N(C)CCN(C)C)nc1. The Hall–Kier alpha value is -1.42. The first-order chi connectivity index (χ1) is 7.50. The van der Waals surface area contributed by atoms with Crippen LogP contribution in [-0.4, -0.2) is 54.9 Å². The van der Waals surface area contributed by atoms with Gasteiger partial charge in [-0.15, -0.1) is 0 Å². The lowest BCUT2D eigenvalue weighted by Gasteiger charge is -2.19. The smallest absolute Gasteiger partial charge is 0.272 e. The average molecular weight is 221 g/mol. The number of nitrogens with zero attached hydrogens (tertiary/aromatic N) is 3. The maximum absolute atomic E-state index is 11.9. The van der Waals surface area contributed by atoms with Gasteiger partial charge in [0.05, 0.1) is 0 Å². The molecule has 88 valence electrons. The Morgan fingerprint density at radius 3 is 2.44 bits per heavy atom. The summed E-state index contributed by atoms with van der Waals surface area (Å²) in [5.74, 6) is -0.0261. The highest BCUT2D eigenvalue weighted by Crippen LogP contribution is 2.02. The molecule has 0 radical (unpaired) electrons. The van der Waals surface area contributed by atoms with Gasteiger partial charge in [0.25, 0.3) is 5.91 Å². The Balaban J connectivity index is 2.60. The monoisotopic (exact) mass is 221 g/mol. The maximum atomic E-state index is 11.9. The molecule has 0 aliphatic carbocycles. The third-order valence-corrected chi connectivity index (χ3v) is 2.36. The summed E-state index contributed by atoms with van der Waals surface area (Å²) in [5.41, 5.74) is 1.57. The fraction of sp³-hybridized carbons (Fsp3) is 0.500. The zero-order valence-corrected chi connectivity index (χ0v) is 10.4. The van der Waals surface area contributed by atoms with Crippen molar-refractivity contribution in [3.8, 4) is 0 Å². The van der Waals surface area contributed by atoms with Crippen molar-refractivity contribution in [2.75, 3.05) is 34.2 Å². The van der Waals surface area contributed by atoms with E-state index < -0.39 is 0 Å². The summed E-state index contributed by atoms with van der Waals surface area (Å²) in [6.45, 7) is 3.52. The fourth-order valence-corrected chi connectivity index (χ4v) is 1.24. The highest BCUT2D eigenvalue weighted by Gasteiger charge is 2.12. The molecule has 4 nitrogen and oxygen atoms in total. The second-order valence-electron chi connectivity index (χ2n) is 4.25. The summed E-state index contributed by atoms with van der Waals surface area (Å²) in [5, 5.41) is 0. The van der Waals surface area contributed by atoms with E-state index in [1.807, 2.05) is 32.0 Å². The lowest BCUT2D eigenvalue weighted by atomic mass is 10.2. The van der Waals surface area contributed by atoms with Crippen molar-refractivity contribution >= 4 is 5.91 Å². The van der Waals surface area contributed by atoms with E-state index in [1.54, 1.807) is 24.2 Å². The lowest BCUT2D eigenvalue weighted by molar-refractivity contribution is 0.0780. The number of amides is 1. The minimum absolute atomic E-state index is 0.0261. The van der Waals surface area contributed by atoms with E-state index in [9.17, 15) is 4.79 Å². The van der Waals surface area contributed by atoms with Gasteiger partial charge in [-0.1, -0.05) is 6.07 Å². The van der Waals surface area contributed by atoms with Crippen LogP contribution in [0.4, 0.5) is 0 Å². The Bertz CT molecular complexity index is 346. The molecule has 1 rings (SSSR count). The molecule has 0 fully saturated rings. The van der Waals surface area contributed by atoms with Gasteiger partial charge in [-0.2, -0.15) is 0 Å². The number of carbonyl (C=O) groups is 1. The van der Waals surface area contributed by atoms with Gasteiger partial charge in [0.1, 0.15) is 5.69 Å². The summed E-state index contributed by atoms with van der Waals surface area (Å²) >= 11 is 0. The molecule has 16 heavy (non-hydrogen) atoms. The highest BCUT2D eigenvalue weighted by atomic mass is 16.2. The summed E-state index contributed by atoms with van der Waals surface area (Å²) in [4.78, 5) is 19.8. The molecule has 0 saturated heterocycles. The molecule has 1 aromatic rings. The van der Waals surface area contributed by atoms with Crippen LogP contribution in [0.3, 0.4) is 0 Å². The molecule has 1 heterocycles. The van der Waals surface area contributed by atoms with Crippen LogP contribution in [0.25, 0.3) is 0 Å². The molecule has 0 unspecified atom stereocenters. The van der Waals surface area contributed by atoms with E-state index in [0.29, 0.717) is 12.2 Å². The van der Waals surface area contributed by atoms with Crippen LogP contribution >= 0.6 is 0 Å². The highest BCUT2D eigenvalue weighted by molar-refractivity contribution is 5.92. The third-order valence-electron chi connectivity index (χ3n) is 2.36. The molecule has 0 aliphatic heterocycles. The summed E-state index contributed by atoms with van der Waals surface area (Å²) in [6, 6.07) is 3.67. The first kappa shape index (κ1) is 12.6. The van der Waals surface area contributed by atoms with Crippen molar-refractivity contribution in [1.82, 2.24) is 14.8 Å². The Kier molecular flexibility index (Phi) is 4.43. The van der Waals surface area contributed by atoms with Crippen LogP contribution in [0.1, 0.15) is 16.1 Å². The number of rotatable bonds is 4. The van der Waals surface area contributed by atoms with E-state index in [4.69, 9.17) is 0 Å². The number of aryl methyl sites for hydroxylation is 1. The van der Waals surface area contributed by atoms with Crippen LogP contribution in [-0.2, 0) is 0 Å². The second kappa shape index (κ2) is 5.61. The van der Waals surface area contributed by atoms with Gasteiger partial charge in [-0.25, -0.2) is 0 Å². The summed E-state index contributed by atoms with van der Waals surface area (Å²) in [6.07, 6.45) is 1.72. The van der Waals surface area contributed by atoms with E-state index in [-0.39, 0.29) is 5.91 Å². The van der Waals surface area contributed by atoms with Crippen molar-refractivity contribution < 1.29 is 4.79 Å². The van der Waals surface area contributed by atoms with Crippen LogP contribution in [0.2, 0.25) is 0 Å². The standard InChI is InChI=1S/C12H19N3O/c1-10-5-6-11(13-9-10)12(16)15(4)8-7-14(2)3/h5-6,9H,7-8H2,1-4H3. The van der Waals surface area contributed by atoms with E-state index in [0.717, 1.165) is 12.1 Å². The number of carbonyl (C=O) groups excluding carboxylic acids is 1. The minimum Gasteiger partial charge on any atom is -0.339 e. The molecule has 0 aliphatic rings. The third kappa shape index (κ3) is 3.62. The zero-order valence-electron chi connectivity index (χ0n) is 10.4. The molecule has 0 spiro atoms. The van der Waals surface area contributed by atoms with Crippen molar-refractivity contribution in [3.05, 3.63) is 29.6 Å². The topological polar surface area (TPSA) is 36.4 Å². The Morgan fingerprint density at radius 2 is 1.94 bits per heavy atom. The number of hydrogen-bond donors (Lipinski definition) is 0. The molecule has 1 aromatic heterocycles. The maximum Gasteiger partial charge on any atom is 0.272 e. The van der Waals surface area contributed by atoms with Gasteiger partial charge in [0.2, 0.25) is 0 Å². The van der Waals surface area contributed by atoms with Crippen LogP contribution < -0.4 is 0 Å². The molecule has 0 aromatic carbocycles. The van der Waals surface area contributed by atoms with Gasteiger partial charge in [-0.05, 0) is 32.6 Å². The van der Waals surface area contributed by atoms with E-state index in [1.165, 1.54) is 0 Å². The predicted octanol–water partition coefficient (Wildman–Crippen LogP) is 1.02. The van der Waals surface area contributed by atoms with Gasteiger partial charge >= 0.3 is 0 Å². The Morgan fingerprint density at radius 1 is 1.25 bits per heavy atom. The minimum atomic E-state index is -0.0261.